The van der Waals surface area contributed by atoms with Gasteiger partial charge in [-0.3, -0.25) is 4.57 Å². The Morgan fingerprint density at radius 3 is 2.23 bits per heavy atom. The zero-order valence-electron chi connectivity index (χ0n) is 11.9. The van der Waals surface area contributed by atoms with E-state index < -0.39 is 6.03 Å². The van der Waals surface area contributed by atoms with Crippen LogP contribution >= 0.6 is 0 Å². The van der Waals surface area contributed by atoms with Crippen molar-refractivity contribution < 1.29 is 4.79 Å². The number of carbonyl (C=O) groups excluding carboxylic acids is 1. The summed E-state index contributed by atoms with van der Waals surface area (Å²) < 4.78 is 1.57. The van der Waals surface area contributed by atoms with Gasteiger partial charge in [0.1, 0.15) is 0 Å². The number of rotatable bonds is 1. The lowest BCUT2D eigenvalue weighted by atomic mass is 10.0. The number of primary amides is 1. The highest BCUT2D eigenvalue weighted by atomic mass is 16.2. The predicted octanol–water partition coefficient (Wildman–Crippen LogP) is 4.39. The molecule has 0 saturated heterocycles. The molecule has 1 heterocycles. The van der Waals surface area contributed by atoms with Gasteiger partial charge in [-0.2, -0.15) is 0 Å². The number of para-hydroxylation sites is 1. The Morgan fingerprint density at radius 1 is 0.773 bits per heavy atom. The normalized spacial score (nSPS) is 11.1. The van der Waals surface area contributed by atoms with Crippen LogP contribution in [0.3, 0.4) is 0 Å². The first-order chi connectivity index (χ1) is 10.7. The van der Waals surface area contributed by atoms with Gasteiger partial charge < -0.3 is 5.73 Å². The summed E-state index contributed by atoms with van der Waals surface area (Å²) in [5.74, 6) is 0. The maximum Gasteiger partial charge on any atom is 0.323 e. The summed E-state index contributed by atoms with van der Waals surface area (Å²) in [4.78, 5) is 11.9. The summed E-state index contributed by atoms with van der Waals surface area (Å²) in [6.07, 6.45) is 0. The van der Waals surface area contributed by atoms with Gasteiger partial charge in [0.2, 0.25) is 0 Å². The molecule has 0 aliphatic rings. The molecule has 3 heteroatoms. The van der Waals surface area contributed by atoms with Gasteiger partial charge in [0, 0.05) is 5.39 Å². The largest absolute Gasteiger partial charge is 0.351 e. The SMILES string of the molecule is NC(=O)n1c(-c2ccc3ccccc3c2)cc2ccccc21. The second kappa shape index (κ2) is 4.74. The predicted molar refractivity (Wildman–Crippen MR) is 89.9 cm³/mol. The lowest BCUT2D eigenvalue weighted by Crippen LogP contribution is -2.20. The Hall–Kier alpha value is -3.07. The minimum Gasteiger partial charge on any atom is -0.351 e. The average Bonchev–Trinajstić information content (AvgIpc) is 2.94. The molecule has 0 bridgehead atoms. The molecule has 4 rings (SSSR count). The molecule has 4 aromatic rings. The molecule has 0 aliphatic carbocycles. The fourth-order valence-electron chi connectivity index (χ4n) is 2.95. The molecule has 1 amide bonds. The van der Waals surface area contributed by atoms with E-state index in [2.05, 4.69) is 24.3 Å². The molecule has 0 saturated carbocycles. The number of nitrogens with two attached hydrogens (primary N) is 1. The molecular weight excluding hydrogens is 272 g/mol. The van der Waals surface area contributed by atoms with Crippen molar-refractivity contribution in [1.82, 2.24) is 4.57 Å². The third-order valence-electron chi connectivity index (χ3n) is 3.98. The van der Waals surface area contributed by atoms with Crippen LogP contribution in [-0.2, 0) is 0 Å². The van der Waals surface area contributed by atoms with Gasteiger partial charge in [0.25, 0.3) is 0 Å². The molecule has 106 valence electrons. The van der Waals surface area contributed by atoms with Crippen molar-refractivity contribution >= 4 is 27.7 Å². The lowest BCUT2D eigenvalue weighted by molar-refractivity contribution is 0.251. The van der Waals surface area contributed by atoms with Gasteiger partial charge in [0.05, 0.1) is 11.2 Å². The third-order valence-corrected chi connectivity index (χ3v) is 3.98. The molecule has 0 unspecified atom stereocenters. The van der Waals surface area contributed by atoms with Crippen LogP contribution in [0.15, 0.2) is 72.8 Å². The highest BCUT2D eigenvalue weighted by Gasteiger charge is 2.14. The Balaban J connectivity index is 2.03. The summed E-state index contributed by atoms with van der Waals surface area (Å²) >= 11 is 0. The Kier molecular flexibility index (Phi) is 2.73. The number of aromatic nitrogens is 1. The van der Waals surface area contributed by atoms with E-state index in [1.54, 1.807) is 4.57 Å². The molecule has 3 nitrogen and oxygen atoms in total. The molecule has 0 spiro atoms. The first kappa shape index (κ1) is 12.7. The number of hydrogen-bond acceptors (Lipinski definition) is 1. The van der Waals surface area contributed by atoms with Gasteiger partial charge >= 0.3 is 6.03 Å². The van der Waals surface area contributed by atoms with Gasteiger partial charge in [-0.25, -0.2) is 4.79 Å². The van der Waals surface area contributed by atoms with Crippen LogP contribution in [0.1, 0.15) is 0 Å². The Labute approximate surface area is 127 Å². The van der Waals surface area contributed by atoms with Crippen LogP contribution in [0.5, 0.6) is 0 Å². The molecular formula is C19H14N2O. The topological polar surface area (TPSA) is 48.0 Å². The first-order valence-corrected chi connectivity index (χ1v) is 7.13. The third kappa shape index (κ3) is 1.87. The molecule has 0 atom stereocenters. The number of amides is 1. The maximum atomic E-state index is 11.9. The fraction of sp³-hybridized carbons (Fsp3) is 0. The second-order valence-corrected chi connectivity index (χ2v) is 5.32. The van der Waals surface area contributed by atoms with Gasteiger partial charge in [0.15, 0.2) is 0 Å². The van der Waals surface area contributed by atoms with E-state index in [0.29, 0.717) is 0 Å². The van der Waals surface area contributed by atoms with E-state index in [9.17, 15) is 4.79 Å². The zero-order valence-corrected chi connectivity index (χ0v) is 11.9. The summed E-state index contributed by atoms with van der Waals surface area (Å²) in [7, 11) is 0. The minimum absolute atomic E-state index is 0.468. The number of carbonyl (C=O) groups is 1. The number of hydrogen-bond donors (Lipinski definition) is 1. The molecule has 0 fully saturated rings. The summed E-state index contributed by atoms with van der Waals surface area (Å²) in [5.41, 5.74) is 8.23. The molecule has 1 aromatic heterocycles. The van der Waals surface area contributed by atoms with Crippen molar-refractivity contribution in [2.24, 2.45) is 5.73 Å². The average molecular weight is 286 g/mol. The summed E-state index contributed by atoms with van der Waals surface area (Å²) in [5, 5.41) is 3.32. The van der Waals surface area contributed by atoms with Crippen LogP contribution in [-0.4, -0.2) is 10.6 Å². The molecule has 22 heavy (non-hydrogen) atoms. The summed E-state index contributed by atoms with van der Waals surface area (Å²) in [6.45, 7) is 0. The van der Waals surface area contributed by atoms with Crippen molar-refractivity contribution in [3.05, 3.63) is 72.8 Å². The summed E-state index contributed by atoms with van der Waals surface area (Å²) in [6, 6.07) is 23.6. The van der Waals surface area contributed by atoms with Crippen molar-refractivity contribution in [2.75, 3.05) is 0 Å². The van der Waals surface area contributed by atoms with Gasteiger partial charge in [-0.05, 0) is 34.5 Å². The maximum absolute atomic E-state index is 11.9. The number of nitrogens with zero attached hydrogens (tertiary/aromatic N) is 1. The van der Waals surface area contributed by atoms with Crippen LogP contribution in [0, 0.1) is 0 Å². The van der Waals surface area contributed by atoms with Gasteiger partial charge in [-0.15, -0.1) is 0 Å². The van der Waals surface area contributed by atoms with E-state index in [1.165, 1.54) is 5.39 Å². The number of fused-ring (bicyclic) bond motifs is 2. The van der Waals surface area contributed by atoms with Crippen molar-refractivity contribution in [3.63, 3.8) is 0 Å². The molecule has 0 aliphatic heterocycles. The Bertz CT molecular complexity index is 1010. The van der Waals surface area contributed by atoms with E-state index in [4.69, 9.17) is 5.73 Å². The van der Waals surface area contributed by atoms with E-state index in [0.717, 1.165) is 27.5 Å². The highest BCUT2D eigenvalue weighted by Crippen LogP contribution is 2.30. The molecule has 2 N–H and O–H groups in total. The fourth-order valence-corrected chi connectivity index (χ4v) is 2.95. The van der Waals surface area contributed by atoms with E-state index in [-0.39, 0.29) is 0 Å². The van der Waals surface area contributed by atoms with Crippen molar-refractivity contribution in [3.8, 4) is 11.3 Å². The quantitative estimate of drug-likeness (QED) is 0.554. The minimum atomic E-state index is -0.468. The Morgan fingerprint density at radius 2 is 1.45 bits per heavy atom. The highest BCUT2D eigenvalue weighted by molar-refractivity contribution is 5.98. The van der Waals surface area contributed by atoms with E-state index in [1.807, 2.05) is 48.5 Å². The standard InChI is InChI=1S/C19H14N2O/c20-19(22)21-17-8-4-3-7-15(17)12-18(21)16-10-9-13-5-1-2-6-14(13)11-16/h1-12H,(H2,20,22). The zero-order chi connectivity index (χ0) is 15.1. The van der Waals surface area contributed by atoms with Crippen molar-refractivity contribution in [2.45, 2.75) is 0 Å². The monoisotopic (exact) mass is 286 g/mol. The van der Waals surface area contributed by atoms with Crippen molar-refractivity contribution in [1.29, 1.82) is 0 Å². The number of benzene rings is 3. The van der Waals surface area contributed by atoms with Crippen LogP contribution < -0.4 is 5.73 Å². The molecule has 0 radical (unpaired) electrons. The van der Waals surface area contributed by atoms with Gasteiger partial charge in [-0.1, -0.05) is 54.6 Å². The molecule has 3 aromatic carbocycles. The smallest absolute Gasteiger partial charge is 0.323 e. The lowest BCUT2D eigenvalue weighted by Gasteiger charge is -2.07. The van der Waals surface area contributed by atoms with Crippen LogP contribution in [0.2, 0.25) is 0 Å². The van der Waals surface area contributed by atoms with Crippen LogP contribution in [0.25, 0.3) is 32.9 Å². The van der Waals surface area contributed by atoms with E-state index >= 15 is 0 Å². The van der Waals surface area contributed by atoms with Crippen LogP contribution in [0.4, 0.5) is 4.79 Å². The second-order valence-electron chi connectivity index (χ2n) is 5.32. The first-order valence-electron chi connectivity index (χ1n) is 7.13.